The van der Waals surface area contributed by atoms with Gasteiger partial charge < -0.3 is 10.5 Å². The van der Waals surface area contributed by atoms with Gasteiger partial charge in [0, 0.05) is 23.2 Å². The summed E-state index contributed by atoms with van der Waals surface area (Å²) in [6.45, 7) is 0.638. The van der Waals surface area contributed by atoms with Gasteiger partial charge in [-0.1, -0.05) is 24.0 Å². The van der Waals surface area contributed by atoms with Crippen LogP contribution in [0.1, 0.15) is 23.2 Å². The monoisotopic (exact) mass is 371 g/mol. The van der Waals surface area contributed by atoms with E-state index in [9.17, 15) is 4.39 Å². The van der Waals surface area contributed by atoms with E-state index in [2.05, 4.69) is 23.0 Å². The third kappa shape index (κ3) is 2.70. The van der Waals surface area contributed by atoms with Gasteiger partial charge >= 0.3 is 0 Å². The van der Waals surface area contributed by atoms with Crippen molar-refractivity contribution in [2.45, 2.75) is 18.4 Å². The van der Waals surface area contributed by atoms with E-state index >= 15 is 0 Å². The fourth-order valence-corrected chi connectivity index (χ4v) is 3.83. The van der Waals surface area contributed by atoms with Crippen LogP contribution < -0.4 is 5.73 Å². The Morgan fingerprint density at radius 2 is 1.96 bits per heavy atom. The lowest BCUT2D eigenvalue weighted by atomic mass is 9.82. The lowest BCUT2D eigenvalue weighted by Gasteiger charge is -2.28. The lowest BCUT2D eigenvalue weighted by molar-refractivity contribution is 0.0709. The van der Waals surface area contributed by atoms with E-state index in [4.69, 9.17) is 10.5 Å². The van der Waals surface area contributed by atoms with E-state index in [1.54, 1.807) is 12.1 Å². The molecule has 1 aromatic heterocycles. The zero-order chi connectivity index (χ0) is 19.1. The number of anilines is 1. The molecule has 0 saturated carbocycles. The zero-order valence-corrected chi connectivity index (χ0v) is 15.2. The van der Waals surface area contributed by atoms with Gasteiger partial charge in [-0.2, -0.15) is 5.10 Å². The highest BCUT2D eigenvalue weighted by Crippen LogP contribution is 2.41. The van der Waals surface area contributed by atoms with Gasteiger partial charge in [0.05, 0.1) is 24.2 Å². The summed E-state index contributed by atoms with van der Waals surface area (Å²) in [6, 6.07) is 13.9. The Labute approximate surface area is 162 Å². The summed E-state index contributed by atoms with van der Waals surface area (Å²) in [5.74, 6) is 6.29. The van der Waals surface area contributed by atoms with Crippen LogP contribution in [0.3, 0.4) is 0 Å². The molecule has 2 aromatic carbocycles. The number of aromatic nitrogens is 2. The Bertz CT molecular complexity index is 1150. The van der Waals surface area contributed by atoms with Gasteiger partial charge in [-0.25, -0.2) is 9.07 Å². The van der Waals surface area contributed by atoms with E-state index in [1.165, 1.54) is 12.1 Å². The molecule has 5 rings (SSSR count). The molecular weight excluding hydrogens is 353 g/mol. The van der Waals surface area contributed by atoms with Crippen molar-refractivity contribution >= 4 is 11.8 Å². The number of nitrogens with zero attached hydrogens (tertiary/aromatic N) is 2. The summed E-state index contributed by atoms with van der Waals surface area (Å²) in [6.07, 6.45) is 5.42. The molecule has 0 spiro atoms. The molecule has 1 fully saturated rings. The first-order valence-corrected chi connectivity index (χ1v) is 9.20. The highest BCUT2D eigenvalue weighted by molar-refractivity contribution is 5.66. The molecule has 2 heterocycles. The van der Waals surface area contributed by atoms with Crippen molar-refractivity contribution in [1.29, 1.82) is 0 Å². The van der Waals surface area contributed by atoms with Crippen LogP contribution in [0.5, 0.6) is 0 Å². The number of halogens is 1. The second kappa shape index (κ2) is 6.36. The molecule has 1 unspecified atom stereocenters. The summed E-state index contributed by atoms with van der Waals surface area (Å²) in [5.41, 5.74) is 10.9. The number of hydrogen-bond donors (Lipinski definition) is 1. The van der Waals surface area contributed by atoms with Gasteiger partial charge in [0.2, 0.25) is 0 Å². The first-order valence-electron chi connectivity index (χ1n) is 9.20. The number of hydrogen-bond acceptors (Lipinski definition) is 3. The highest BCUT2D eigenvalue weighted by Gasteiger charge is 2.42. The van der Waals surface area contributed by atoms with Crippen molar-refractivity contribution in [3.05, 3.63) is 82.9 Å². The highest BCUT2D eigenvalue weighted by atomic mass is 19.1. The molecule has 1 atom stereocenters. The molecule has 1 saturated heterocycles. The molecule has 4 nitrogen and oxygen atoms in total. The molecule has 0 radical (unpaired) electrons. The molecule has 5 heteroatoms. The van der Waals surface area contributed by atoms with E-state index in [-0.39, 0.29) is 5.82 Å². The summed E-state index contributed by atoms with van der Waals surface area (Å²) in [5, 5.41) is 4.51. The van der Waals surface area contributed by atoms with Crippen molar-refractivity contribution in [3.8, 4) is 17.5 Å². The van der Waals surface area contributed by atoms with E-state index in [1.807, 2.05) is 35.1 Å². The number of nitrogen functional groups attached to an aromatic ring is 1. The van der Waals surface area contributed by atoms with Gasteiger partial charge in [0.15, 0.2) is 5.60 Å². The van der Waals surface area contributed by atoms with Crippen molar-refractivity contribution in [3.63, 3.8) is 0 Å². The summed E-state index contributed by atoms with van der Waals surface area (Å²) < 4.78 is 21.2. The standard InChI is InChI=1S/C23H18FN3O/c24-19-5-7-20(8-6-19)27-22-13-18-10-12-28-23(18,14-17(22)15-26-27)11-9-16-3-1-2-4-21(16)25/h1-8,13,15H,10,12,14,25H2. The molecule has 2 N–H and O–H groups in total. The lowest BCUT2D eigenvalue weighted by Crippen LogP contribution is -2.33. The fourth-order valence-electron chi connectivity index (χ4n) is 3.83. The SMILES string of the molecule is Nc1ccccc1C#CC12Cc3cnn(-c4ccc(F)cc4)c3C=C1CCO2. The van der Waals surface area contributed by atoms with Gasteiger partial charge in [-0.3, -0.25) is 0 Å². The van der Waals surface area contributed by atoms with Crippen LogP contribution in [0.4, 0.5) is 10.1 Å². The number of rotatable bonds is 1. The molecule has 0 amide bonds. The number of nitrogens with two attached hydrogens (primary N) is 1. The van der Waals surface area contributed by atoms with E-state index in [0.29, 0.717) is 18.7 Å². The molecule has 138 valence electrons. The molecule has 2 aliphatic rings. The predicted molar refractivity (Wildman–Crippen MR) is 106 cm³/mol. The van der Waals surface area contributed by atoms with Crippen LogP contribution in [0.25, 0.3) is 11.8 Å². The first-order chi connectivity index (χ1) is 13.6. The van der Waals surface area contributed by atoms with Gasteiger partial charge in [-0.15, -0.1) is 0 Å². The summed E-state index contributed by atoms with van der Waals surface area (Å²) in [4.78, 5) is 0. The molecule has 1 aliphatic heterocycles. The minimum Gasteiger partial charge on any atom is -0.398 e. The van der Waals surface area contributed by atoms with Crippen LogP contribution >= 0.6 is 0 Å². The third-order valence-electron chi connectivity index (χ3n) is 5.31. The fraction of sp³-hybridized carbons (Fsp3) is 0.174. The summed E-state index contributed by atoms with van der Waals surface area (Å²) >= 11 is 0. The van der Waals surface area contributed by atoms with Crippen molar-refractivity contribution in [2.75, 3.05) is 12.3 Å². The number of ether oxygens (including phenoxy) is 1. The quantitative estimate of drug-likeness (QED) is 0.524. The Morgan fingerprint density at radius 1 is 1.14 bits per heavy atom. The Morgan fingerprint density at radius 3 is 2.79 bits per heavy atom. The number of para-hydroxylation sites is 1. The van der Waals surface area contributed by atoms with Gasteiger partial charge in [-0.05, 0) is 54.5 Å². The van der Waals surface area contributed by atoms with Crippen LogP contribution in [0.2, 0.25) is 0 Å². The Kier molecular flexibility index (Phi) is 3.81. The molecule has 1 aliphatic carbocycles. The maximum atomic E-state index is 13.3. The van der Waals surface area contributed by atoms with Gasteiger partial charge in [0.1, 0.15) is 5.82 Å². The zero-order valence-electron chi connectivity index (χ0n) is 15.2. The summed E-state index contributed by atoms with van der Waals surface area (Å²) in [7, 11) is 0. The molecular formula is C23H18FN3O. The average molecular weight is 371 g/mol. The molecule has 28 heavy (non-hydrogen) atoms. The Balaban J connectivity index is 1.55. The topological polar surface area (TPSA) is 53.1 Å². The van der Waals surface area contributed by atoms with Crippen LogP contribution in [0.15, 0.2) is 60.3 Å². The van der Waals surface area contributed by atoms with Crippen LogP contribution in [-0.4, -0.2) is 22.0 Å². The van der Waals surface area contributed by atoms with Crippen LogP contribution in [0, 0.1) is 17.7 Å². The molecule has 0 bridgehead atoms. The largest absolute Gasteiger partial charge is 0.398 e. The predicted octanol–water partition coefficient (Wildman–Crippen LogP) is 3.74. The van der Waals surface area contributed by atoms with Gasteiger partial charge in [0.25, 0.3) is 0 Å². The van der Waals surface area contributed by atoms with E-state index < -0.39 is 5.60 Å². The van der Waals surface area contributed by atoms with Crippen molar-refractivity contribution in [2.24, 2.45) is 0 Å². The average Bonchev–Trinajstić information content (AvgIpc) is 3.29. The minimum absolute atomic E-state index is 0.262. The maximum absolute atomic E-state index is 13.3. The smallest absolute Gasteiger partial charge is 0.155 e. The first kappa shape index (κ1) is 16.8. The second-order valence-corrected chi connectivity index (χ2v) is 7.05. The normalized spacial score (nSPS) is 20.0. The Hall–Kier alpha value is -3.36. The van der Waals surface area contributed by atoms with E-state index in [0.717, 1.165) is 34.5 Å². The second-order valence-electron chi connectivity index (χ2n) is 7.05. The minimum atomic E-state index is -0.633. The molecule has 3 aromatic rings. The number of fused-ring (bicyclic) bond motifs is 2. The third-order valence-corrected chi connectivity index (χ3v) is 5.31. The maximum Gasteiger partial charge on any atom is 0.155 e. The van der Waals surface area contributed by atoms with Crippen molar-refractivity contribution in [1.82, 2.24) is 9.78 Å². The van der Waals surface area contributed by atoms with Crippen LogP contribution in [-0.2, 0) is 11.2 Å². The van der Waals surface area contributed by atoms with Crippen molar-refractivity contribution < 1.29 is 9.13 Å². The number of benzene rings is 2.